The molecule has 2 heterocycles. The highest BCUT2D eigenvalue weighted by atomic mass is 16.5. The lowest BCUT2D eigenvalue weighted by molar-refractivity contribution is -0.132. The highest BCUT2D eigenvalue weighted by molar-refractivity contribution is 6.05. The molecule has 2 aliphatic heterocycles. The van der Waals surface area contributed by atoms with E-state index in [1.807, 2.05) is 45.9 Å². The molecule has 36 heavy (non-hydrogen) atoms. The van der Waals surface area contributed by atoms with Crippen LogP contribution in [0.3, 0.4) is 0 Å². The van der Waals surface area contributed by atoms with Crippen molar-refractivity contribution in [3.8, 4) is 23.0 Å². The van der Waals surface area contributed by atoms with Gasteiger partial charge in [-0.15, -0.1) is 0 Å². The van der Waals surface area contributed by atoms with Crippen molar-refractivity contribution >= 4 is 23.8 Å². The molecule has 2 aromatic rings. The first-order valence-electron chi connectivity index (χ1n) is 11.9. The van der Waals surface area contributed by atoms with E-state index in [1.165, 1.54) is 13.8 Å². The molecule has 0 saturated carbocycles. The molecule has 1 unspecified atom stereocenters. The first-order valence-corrected chi connectivity index (χ1v) is 11.9. The fourth-order valence-corrected chi connectivity index (χ4v) is 4.29. The van der Waals surface area contributed by atoms with Crippen LogP contribution in [0.4, 0.5) is 0 Å². The third-order valence-corrected chi connectivity index (χ3v) is 5.89. The Morgan fingerprint density at radius 3 is 2.31 bits per heavy atom. The van der Waals surface area contributed by atoms with Gasteiger partial charge in [0.15, 0.2) is 11.5 Å². The third kappa shape index (κ3) is 5.20. The average Bonchev–Trinajstić information content (AvgIpc) is 2.77. The fourth-order valence-electron chi connectivity index (χ4n) is 4.29. The van der Waals surface area contributed by atoms with Gasteiger partial charge in [-0.1, -0.05) is 23.8 Å². The lowest BCUT2D eigenvalue weighted by Gasteiger charge is -2.35. The Morgan fingerprint density at radius 2 is 1.69 bits per heavy atom. The van der Waals surface area contributed by atoms with Crippen molar-refractivity contribution in [2.45, 2.75) is 66.1 Å². The van der Waals surface area contributed by atoms with Gasteiger partial charge in [-0.25, -0.2) is 0 Å². The average molecular weight is 491 g/mol. The van der Waals surface area contributed by atoms with E-state index in [0.717, 1.165) is 11.1 Å². The van der Waals surface area contributed by atoms with Gasteiger partial charge in [0.05, 0.1) is 12.0 Å². The van der Waals surface area contributed by atoms with Crippen LogP contribution in [0.15, 0.2) is 42.0 Å². The van der Waals surface area contributed by atoms with Crippen molar-refractivity contribution in [3.63, 3.8) is 0 Å². The number of allylic oxidation sites excluding steroid dienone is 2. The maximum absolute atomic E-state index is 13.6. The molecule has 0 aromatic heterocycles. The van der Waals surface area contributed by atoms with Gasteiger partial charge in [0, 0.05) is 19.4 Å². The zero-order valence-electron chi connectivity index (χ0n) is 21.4. The smallest absolute Gasteiger partial charge is 0.308 e. The Balaban J connectivity index is 1.86. The number of hydrogen-bond donors (Lipinski definition) is 0. The zero-order valence-corrected chi connectivity index (χ0v) is 21.4. The van der Waals surface area contributed by atoms with Crippen LogP contribution in [0.1, 0.15) is 81.1 Å². The fraction of sp³-hybridized carbons (Fsp3) is 0.345. The highest BCUT2D eigenvalue weighted by Gasteiger charge is 2.39. The zero-order chi connectivity index (χ0) is 26.2. The summed E-state index contributed by atoms with van der Waals surface area (Å²) in [6, 6.07) is 6.85. The summed E-state index contributed by atoms with van der Waals surface area (Å²) in [7, 11) is 0. The lowest BCUT2D eigenvalue weighted by atomic mass is 9.88. The van der Waals surface area contributed by atoms with Gasteiger partial charge < -0.3 is 18.9 Å². The van der Waals surface area contributed by atoms with Crippen LogP contribution in [-0.4, -0.2) is 23.3 Å². The molecule has 188 valence electrons. The van der Waals surface area contributed by atoms with Crippen molar-refractivity contribution in [2.75, 3.05) is 0 Å². The molecule has 0 saturated heterocycles. The number of ether oxygens (including phenoxy) is 4. The van der Waals surface area contributed by atoms with E-state index < -0.39 is 23.6 Å². The second-order valence-electron chi connectivity index (χ2n) is 9.77. The van der Waals surface area contributed by atoms with Gasteiger partial charge >= 0.3 is 11.9 Å². The normalized spacial score (nSPS) is 17.2. The monoisotopic (exact) mass is 490 g/mol. The van der Waals surface area contributed by atoms with Crippen LogP contribution >= 0.6 is 0 Å². The number of fused-ring (bicyclic) bond motifs is 3. The maximum Gasteiger partial charge on any atom is 0.308 e. The quantitative estimate of drug-likeness (QED) is 0.291. The summed E-state index contributed by atoms with van der Waals surface area (Å²) in [5.74, 6) is 0.328. The van der Waals surface area contributed by atoms with Crippen molar-refractivity contribution in [3.05, 3.63) is 64.2 Å². The molecule has 7 heteroatoms. The van der Waals surface area contributed by atoms with E-state index >= 15 is 0 Å². The third-order valence-electron chi connectivity index (χ3n) is 5.89. The summed E-state index contributed by atoms with van der Waals surface area (Å²) in [4.78, 5) is 36.9. The van der Waals surface area contributed by atoms with Gasteiger partial charge in [-0.3, -0.25) is 14.4 Å². The number of ketones is 1. The second-order valence-corrected chi connectivity index (χ2v) is 9.77. The number of hydrogen-bond acceptors (Lipinski definition) is 7. The number of benzene rings is 2. The Hall–Kier alpha value is -3.87. The van der Waals surface area contributed by atoms with Crippen LogP contribution in [0.2, 0.25) is 0 Å². The Bertz CT molecular complexity index is 1290. The molecule has 0 radical (unpaired) electrons. The molecule has 4 rings (SSSR count). The maximum atomic E-state index is 13.6. The molecule has 0 aliphatic carbocycles. The van der Waals surface area contributed by atoms with Crippen LogP contribution in [0, 0.1) is 0 Å². The van der Waals surface area contributed by atoms with E-state index in [2.05, 4.69) is 0 Å². The van der Waals surface area contributed by atoms with Crippen molar-refractivity contribution in [2.24, 2.45) is 0 Å². The van der Waals surface area contributed by atoms with Crippen LogP contribution < -0.4 is 18.9 Å². The first-order chi connectivity index (χ1) is 16.9. The minimum atomic E-state index is -0.598. The molecule has 7 nitrogen and oxygen atoms in total. The predicted octanol–water partition coefficient (Wildman–Crippen LogP) is 5.94. The summed E-state index contributed by atoms with van der Waals surface area (Å²) in [5, 5.41) is 0. The molecule has 2 aromatic carbocycles. The molecular formula is C29H30O7. The number of rotatable bonds is 5. The van der Waals surface area contributed by atoms with Crippen molar-refractivity contribution in [1.29, 1.82) is 0 Å². The van der Waals surface area contributed by atoms with E-state index in [1.54, 1.807) is 24.3 Å². The molecule has 0 spiro atoms. The Kier molecular flexibility index (Phi) is 6.76. The van der Waals surface area contributed by atoms with Crippen molar-refractivity contribution < 1.29 is 33.3 Å². The lowest BCUT2D eigenvalue weighted by Crippen LogP contribution is -2.30. The Morgan fingerprint density at radius 1 is 1.03 bits per heavy atom. The van der Waals surface area contributed by atoms with E-state index in [0.29, 0.717) is 34.8 Å². The molecule has 1 atom stereocenters. The highest BCUT2D eigenvalue weighted by Crippen LogP contribution is 2.52. The largest absolute Gasteiger partial charge is 0.484 e. The van der Waals surface area contributed by atoms with E-state index in [-0.39, 0.29) is 23.5 Å². The molecule has 0 bridgehead atoms. The van der Waals surface area contributed by atoms with Crippen LogP contribution in [0.5, 0.6) is 23.0 Å². The van der Waals surface area contributed by atoms with Gasteiger partial charge in [0.25, 0.3) is 0 Å². The molecule has 0 N–H and O–H groups in total. The van der Waals surface area contributed by atoms with E-state index in [4.69, 9.17) is 18.9 Å². The number of Topliss-reactive ketones (excluding diaryl/α,β-unsaturated/α-hetero) is 1. The summed E-state index contributed by atoms with van der Waals surface area (Å²) in [5.41, 5.74) is 2.77. The predicted molar refractivity (Wildman–Crippen MR) is 135 cm³/mol. The van der Waals surface area contributed by atoms with Gasteiger partial charge in [0.1, 0.15) is 34.5 Å². The summed E-state index contributed by atoms with van der Waals surface area (Å²) in [6.07, 6.45) is 5.74. The SMILES string of the molecule is CC(=O)Oc1ccc(C2CC(=O)c3c(c4c(c(CC=C(C)C)c3OC(C)=O)OC(C)(C)C=C4)O2)cc1. The molecule has 0 amide bonds. The van der Waals surface area contributed by atoms with Crippen LogP contribution in [0.25, 0.3) is 6.08 Å². The van der Waals surface area contributed by atoms with Gasteiger partial charge in [-0.2, -0.15) is 0 Å². The molecule has 2 aliphatic rings. The van der Waals surface area contributed by atoms with Crippen LogP contribution in [-0.2, 0) is 16.0 Å². The van der Waals surface area contributed by atoms with Crippen molar-refractivity contribution in [1.82, 2.24) is 0 Å². The standard InChI is InChI=1S/C29H30O7/c1-16(2)7-12-21-26-22(13-14-29(5,6)36-26)28-25(27(21)34-18(4)31)23(32)15-24(35-28)19-8-10-20(11-9-19)33-17(3)30/h7-11,13-14,24H,12,15H2,1-6H3. The van der Waals surface area contributed by atoms with E-state index in [9.17, 15) is 14.4 Å². The number of carbonyl (C=O) groups excluding carboxylic acids is 3. The minimum absolute atomic E-state index is 0.0606. The molecular weight excluding hydrogens is 460 g/mol. The first kappa shape index (κ1) is 25.2. The topological polar surface area (TPSA) is 88.1 Å². The summed E-state index contributed by atoms with van der Waals surface area (Å²) in [6.45, 7) is 10.5. The summed E-state index contributed by atoms with van der Waals surface area (Å²) >= 11 is 0. The summed E-state index contributed by atoms with van der Waals surface area (Å²) < 4.78 is 23.5. The minimum Gasteiger partial charge on any atom is -0.484 e. The second kappa shape index (κ2) is 9.64. The Labute approximate surface area is 210 Å². The number of esters is 2. The van der Waals surface area contributed by atoms with Gasteiger partial charge in [0.2, 0.25) is 0 Å². The molecule has 0 fully saturated rings. The van der Waals surface area contributed by atoms with Gasteiger partial charge in [-0.05, 0) is 64.0 Å². The number of carbonyl (C=O) groups is 3.